The molecular weight excluding hydrogens is 460 g/mol. The zero-order valence-electron chi connectivity index (χ0n) is 19.5. The predicted octanol–water partition coefficient (Wildman–Crippen LogP) is 5.00. The van der Waals surface area contributed by atoms with Crippen LogP contribution in [-0.2, 0) is 0 Å². The second kappa shape index (κ2) is 11.2. The van der Waals surface area contributed by atoms with Gasteiger partial charge in [0.1, 0.15) is 23.0 Å². The Labute approximate surface area is 215 Å². The van der Waals surface area contributed by atoms with Crippen LogP contribution in [0.3, 0.4) is 0 Å². The smallest absolute Gasteiger partial charge is 0.214 e. The van der Waals surface area contributed by atoms with E-state index in [1.54, 1.807) is 48.5 Å². The molecule has 4 aromatic carbocycles. The van der Waals surface area contributed by atoms with Crippen molar-refractivity contribution >= 4 is 0 Å². The number of phenols is 4. The van der Waals surface area contributed by atoms with Gasteiger partial charge in [-0.2, -0.15) is 0 Å². The molecule has 0 saturated heterocycles. The Balaban J connectivity index is 1.89. The quantitative estimate of drug-likeness (QED) is 0.267. The molecule has 0 aromatic heterocycles. The van der Waals surface area contributed by atoms with Gasteiger partial charge in [0.05, 0.1) is 0 Å². The van der Waals surface area contributed by atoms with Crippen LogP contribution >= 0.6 is 0 Å². The van der Waals surface area contributed by atoms with Crippen molar-refractivity contribution in [2.24, 2.45) is 5.41 Å². The van der Waals surface area contributed by atoms with E-state index in [0.717, 1.165) is 0 Å². The van der Waals surface area contributed by atoms with Crippen molar-refractivity contribution in [1.82, 2.24) is 0 Å². The highest BCUT2D eigenvalue weighted by atomic mass is 16.3. The van der Waals surface area contributed by atoms with E-state index >= 15 is 0 Å². The van der Waals surface area contributed by atoms with E-state index in [1.807, 2.05) is 0 Å². The SMILES string of the molecule is Oc1ccc(C#CC(C#Cc2ccc(O)cc2)(C#Cc2ccc(O)cc2)C#Cc2ccc(O)cc2)cc1. The minimum atomic E-state index is -1.40. The highest BCUT2D eigenvalue weighted by Gasteiger charge is 2.20. The number of phenolic OH excluding ortho intramolecular Hbond substituents is 4. The van der Waals surface area contributed by atoms with Gasteiger partial charge < -0.3 is 20.4 Å². The fourth-order valence-corrected chi connectivity index (χ4v) is 3.03. The van der Waals surface area contributed by atoms with Gasteiger partial charge in [0.15, 0.2) is 0 Å². The molecule has 0 bridgehead atoms. The van der Waals surface area contributed by atoms with E-state index < -0.39 is 5.41 Å². The lowest BCUT2D eigenvalue weighted by atomic mass is 9.89. The molecular formula is C33H20O4. The summed E-state index contributed by atoms with van der Waals surface area (Å²) in [5.41, 5.74) is 1.18. The molecule has 4 heteroatoms. The molecule has 0 spiro atoms. The summed E-state index contributed by atoms with van der Waals surface area (Å²) in [6, 6.07) is 25.8. The largest absolute Gasteiger partial charge is 0.508 e. The number of hydrogen-bond donors (Lipinski definition) is 4. The van der Waals surface area contributed by atoms with Gasteiger partial charge >= 0.3 is 0 Å². The lowest BCUT2D eigenvalue weighted by molar-refractivity contribution is 0.474. The summed E-state index contributed by atoms with van der Waals surface area (Å²) in [5.74, 6) is 25.2. The summed E-state index contributed by atoms with van der Waals surface area (Å²) < 4.78 is 0. The first-order valence-corrected chi connectivity index (χ1v) is 11.2. The van der Waals surface area contributed by atoms with Crippen LogP contribution in [0, 0.1) is 52.8 Å². The maximum Gasteiger partial charge on any atom is 0.214 e. The van der Waals surface area contributed by atoms with Gasteiger partial charge in [0.2, 0.25) is 5.41 Å². The van der Waals surface area contributed by atoms with Crippen molar-refractivity contribution in [1.29, 1.82) is 0 Å². The maximum absolute atomic E-state index is 9.61. The first-order chi connectivity index (χ1) is 17.9. The van der Waals surface area contributed by atoms with Crippen molar-refractivity contribution in [2.75, 3.05) is 0 Å². The Morgan fingerprint density at radius 1 is 0.324 bits per heavy atom. The molecule has 0 radical (unpaired) electrons. The lowest BCUT2D eigenvalue weighted by Gasteiger charge is -2.08. The van der Waals surface area contributed by atoms with Crippen LogP contribution in [0.15, 0.2) is 97.1 Å². The van der Waals surface area contributed by atoms with E-state index in [9.17, 15) is 20.4 Å². The highest BCUT2D eigenvalue weighted by Crippen LogP contribution is 2.18. The van der Waals surface area contributed by atoms with Gasteiger partial charge in [-0.15, -0.1) is 0 Å². The molecule has 4 aromatic rings. The van der Waals surface area contributed by atoms with Crippen LogP contribution in [0.25, 0.3) is 0 Å². The van der Waals surface area contributed by atoms with E-state index in [-0.39, 0.29) is 23.0 Å². The molecule has 4 N–H and O–H groups in total. The Kier molecular flexibility index (Phi) is 7.38. The zero-order chi connectivity index (χ0) is 26.1. The Morgan fingerprint density at radius 2 is 0.514 bits per heavy atom. The van der Waals surface area contributed by atoms with Crippen LogP contribution < -0.4 is 0 Å². The third-order valence-corrected chi connectivity index (χ3v) is 5.05. The summed E-state index contributed by atoms with van der Waals surface area (Å²) >= 11 is 0. The van der Waals surface area contributed by atoms with Crippen molar-refractivity contribution in [3.8, 4) is 70.4 Å². The van der Waals surface area contributed by atoms with Crippen LogP contribution in [0.4, 0.5) is 0 Å². The van der Waals surface area contributed by atoms with Crippen LogP contribution in [0.5, 0.6) is 23.0 Å². The molecule has 0 unspecified atom stereocenters. The molecule has 37 heavy (non-hydrogen) atoms. The van der Waals surface area contributed by atoms with Gasteiger partial charge in [0.25, 0.3) is 0 Å². The van der Waals surface area contributed by atoms with Crippen molar-refractivity contribution in [2.45, 2.75) is 0 Å². The van der Waals surface area contributed by atoms with E-state index in [1.165, 1.54) is 48.5 Å². The van der Waals surface area contributed by atoms with Gasteiger partial charge in [-0.05, 0) is 97.1 Å². The van der Waals surface area contributed by atoms with Gasteiger partial charge in [-0.3, -0.25) is 0 Å². The van der Waals surface area contributed by atoms with E-state index in [4.69, 9.17) is 0 Å². The highest BCUT2D eigenvalue weighted by molar-refractivity contribution is 5.57. The fraction of sp³-hybridized carbons (Fsp3) is 0.0303. The standard InChI is InChI=1S/C33H20O4/c34-29-9-1-25(2-10-29)17-21-33(22-18-26-3-11-30(35)12-4-26,23-19-27-5-13-31(36)14-6-27)24-20-28-7-15-32(37)16-8-28/h1-16,34-37H. The molecule has 4 rings (SSSR count). The van der Waals surface area contributed by atoms with Crippen molar-refractivity contribution in [3.05, 3.63) is 119 Å². The molecule has 0 aliphatic heterocycles. The zero-order valence-corrected chi connectivity index (χ0v) is 19.5. The van der Waals surface area contributed by atoms with Gasteiger partial charge in [0, 0.05) is 22.3 Å². The maximum atomic E-state index is 9.61. The second-order valence-electron chi connectivity index (χ2n) is 7.94. The van der Waals surface area contributed by atoms with Crippen LogP contribution in [-0.4, -0.2) is 20.4 Å². The number of benzene rings is 4. The van der Waals surface area contributed by atoms with E-state index in [2.05, 4.69) is 47.4 Å². The van der Waals surface area contributed by atoms with Gasteiger partial charge in [-0.1, -0.05) is 47.4 Å². The number of rotatable bonds is 0. The molecule has 4 nitrogen and oxygen atoms in total. The molecule has 0 aliphatic rings. The third kappa shape index (κ3) is 7.15. The second-order valence-corrected chi connectivity index (χ2v) is 7.94. The minimum Gasteiger partial charge on any atom is -0.508 e. The van der Waals surface area contributed by atoms with Gasteiger partial charge in [-0.25, -0.2) is 0 Å². The number of aromatic hydroxyl groups is 4. The molecule has 0 fully saturated rings. The average molecular weight is 481 g/mol. The lowest BCUT2D eigenvalue weighted by Crippen LogP contribution is -2.11. The monoisotopic (exact) mass is 480 g/mol. The first kappa shape index (κ1) is 24.4. The molecule has 0 aliphatic carbocycles. The molecule has 0 amide bonds. The molecule has 0 saturated carbocycles. The third-order valence-electron chi connectivity index (χ3n) is 5.05. The summed E-state index contributed by atoms with van der Waals surface area (Å²) in [6.45, 7) is 0. The Hall–Kier alpha value is -5.68. The van der Waals surface area contributed by atoms with Crippen LogP contribution in [0.2, 0.25) is 0 Å². The predicted molar refractivity (Wildman–Crippen MR) is 142 cm³/mol. The Morgan fingerprint density at radius 3 is 0.703 bits per heavy atom. The summed E-state index contributed by atoms with van der Waals surface area (Å²) in [6.07, 6.45) is 0. The molecule has 0 atom stereocenters. The normalized spacial score (nSPS) is 9.73. The van der Waals surface area contributed by atoms with Crippen molar-refractivity contribution in [3.63, 3.8) is 0 Å². The van der Waals surface area contributed by atoms with E-state index in [0.29, 0.717) is 22.3 Å². The molecule has 176 valence electrons. The summed E-state index contributed by atoms with van der Waals surface area (Å²) in [4.78, 5) is 0. The Bertz CT molecular complexity index is 1380. The number of hydrogen-bond acceptors (Lipinski definition) is 4. The topological polar surface area (TPSA) is 80.9 Å². The van der Waals surface area contributed by atoms with Crippen molar-refractivity contribution < 1.29 is 20.4 Å². The summed E-state index contributed by atoms with van der Waals surface area (Å²) in [7, 11) is 0. The fourth-order valence-electron chi connectivity index (χ4n) is 3.03. The summed E-state index contributed by atoms with van der Waals surface area (Å²) in [5, 5.41) is 38.4. The minimum absolute atomic E-state index is 0.128. The average Bonchev–Trinajstić information content (AvgIpc) is 2.91. The molecule has 0 heterocycles. The first-order valence-electron chi connectivity index (χ1n) is 11.2. The van der Waals surface area contributed by atoms with Crippen LogP contribution in [0.1, 0.15) is 22.3 Å².